The van der Waals surface area contributed by atoms with Crippen molar-refractivity contribution in [3.63, 3.8) is 0 Å². The minimum Gasteiger partial charge on any atom is -0.208 e. The van der Waals surface area contributed by atoms with Gasteiger partial charge in [0.05, 0.1) is 0 Å². The fourth-order valence-corrected chi connectivity index (χ4v) is 7.69. The molecule has 6 aromatic carbocycles. The Morgan fingerprint density at radius 2 is 1.02 bits per heavy atom. The molecule has 3 heteroatoms. The molecule has 0 amide bonds. The molecular weight excluding hydrogens is 619 g/mol. The molecule has 0 fully saturated rings. The quantitative estimate of drug-likeness (QED) is 0.179. The van der Waals surface area contributed by atoms with Gasteiger partial charge in [0.25, 0.3) is 0 Å². The second-order valence-electron chi connectivity index (χ2n) is 14.0. The molecule has 0 bridgehead atoms. The largest absolute Gasteiger partial charge is 0.208 e. The summed E-state index contributed by atoms with van der Waals surface area (Å²) in [5, 5.41) is 0. The summed E-state index contributed by atoms with van der Waals surface area (Å²) in [4.78, 5) is 15.5. The zero-order valence-corrected chi connectivity index (χ0v) is 28.8. The highest BCUT2D eigenvalue weighted by Gasteiger charge is 2.35. The Kier molecular flexibility index (Phi) is 7.62. The van der Waals surface area contributed by atoms with E-state index in [1.54, 1.807) is 0 Å². The van der Waals surface area contributed by atoms with Crippen LogP contribution in [0.4, 0.5) is 0 Å². The van der Waals surface area contributed by atoms with E-state index in [2.05, 4.69) is 178 Å². The van der Waals surface area contributed by atoms with Crippen LogP contribution in [0.2, 0.25) is 0 Å². The van der Waals surface area contributed by atoms with Crippen LogP contribution in [0.3, 0.4) is 0 Å². The minimum atomic E-state index is -0.122. The maximum atomic E-state index is 5.18. The number of rotatable bonds is 6. The Bertz CT molecular complexity index is 2460. The standard InChI is InChI=1S/C48H37N3/c1-48(2)43-22-10-9-21-41(43)42-28-27-40(31-44(42)48)47-50-45(38-19-11-17-36(29-38)33-15-7-4-8-16-33)49-46(51-47)39-20-12-18-37(30-39)35-25-23-34(24-26-35)32-13-5-3-6-14-32/h3-16,18-31,36H,17H2,1-2H3. The van der Waals surface area contributed by atoms with Gasteiger partial charge in [-0.1, -0.05) is 172 Å². The number of hydrogen-bond acceptors (Lipinski definition) is 3. The summed E-state index contributed by atoms with van der Waals surface area (Å²) in [6.45, 7) is 4.62. The highest BCUT2D eigenvalue weighted by molar-refractivity contribution is 5.83. The molecule has 2 aliphatic rings. The Morgan fingerprint density at radius 1 is 0.471 bits per heavy atom. The molecule has 1 aromatic heterocycles. The van der Waals surface area contributed by atoms with E-state index in [1.807, 2.05) is 6.07 Å². The van der Waals surface area contributed by atoms with Crippen molar-refractivity contribution >= 4 is 5.57 Å². The molecule has 0 aliphatic heterocycles. The van der Waals surface area contributed by atoms with Gasteiger partial charge in [-0.2, -0.15) is 0 Å². The van der Waals surface area contributed by atoms with E-state index in [0.29, 0.717) is 17.5 Å². The Morgan fingerprint density at radius 3 is 1.78 bits per heavy atom. The molecule has 0 radical (unpaired) electrons. The normalized spacial score (nSPS) is 15.6. The first kappa shape index (κ1) is 30.8. The lowest BCUT2D eigenvalue weighted by atomic mass is 9.82. The minimum absolute atomic E-state index is 0.122. The summed E-state index contributed by atoms with van der Waals surface area (Å²) in [7, 11) is 0. The van der Waals surface area contributed by atoms with E-state index in [-0.39, 0.29) is 11.3 Å². The van der Waals surface area contributed by atoms with Crippen molar-refractivity contribution in [2.75, 3.05) is 0 Å². The van der Waals surface area contributed by atoms with Gasteiger partial charge in [-0.25, -0.2) is 15.0 Å². The number of aromatic nitrogens is 3. The number of hydrogen-bond donors (Lipinski definition) is 0. The monoisotopic (exact) mass is 655 g/mol. The molecule has 244 valence electrons. The van der Waals surface area contributed by atoms with E-state index in [4.69, 9.17) is 15.0 Å². The van der Waals surface area contributed by atoms with Crippen LogP contribution in [0.15, 0.2) is 170 Å². The predicted molar refractivity (Wildman–Crippen MR) is 210 cm³/mol. The zero-order chi connectivity index (χ0) is 34.4. The molecule has 0 saturated carbocycles. The molecule has 0 spiro atoms. The maximum absolute atomic E-state index is 5.18. The van der Waals surface area contributed by atoms with Crippen LogP contribution in [-0.2, 0) is 5.41 Å². The Labute approximate surface area is 299 Å². The van der Waals surface area contributed by atoms with E-state index >= 15 is 0 Å². The van der Waals surface area contributed by atoms with Crippen LogP contribution in [0.1, 0.15) is 48.7 Å². The first-order valence-electron chi connectivity index (χ1n) is 17.7. The third kappa shape index (κ3) is 5.71. The fraction of sp³-hybridized carbons (Fsp3) is 0.104. The summed E-state index contributed by atoms with van der Waals surface area (Å²) in [5.41, 5.74) is 14.0. The van der Waals surface area contributed by atoms with Crippen molar-refractivity contribution in [3.8, 4) is 56.2 Å². The summed E-state index contributed by atoms with van der Waals surface area (Å²) in [5.74, 6) is 2.29. The average molecular weight is 656 g/mol. The smallest absolute Gasteiger partial charge is 0.164 e. The first-order valence-corrected chi connectivity index (χ1v) is 17.7. The third-order valence-corrected chi connectivity index (χ3v) is 10.5. The second-order valence-corrected chi connectivity index (χ2v) is 14.0. The van der Waals surface area contributed by atoms with Crippen molar-refractivity contribution in [1.82, 2.24) is 15.0 Å². The molecule has 9 rings (SSSR count). The van der Waals surface area contributed by atoms with Crippen LogP contribution in [0.25, 0.3) is 61.7 Å². The summed E-state index contributed by atoms with van der Waals surface area (Å²) >= 11 is 0. The van der Waals surface area contributed by atoms with Crippen molar-refractivity contribution < 1.29 is 0 Å². The van der Waals surface area contributed by atoms with E-state index in [0.717, 1.165) is 34.2 Å². The summed E-state index contributed by atoms with van der Waals surface area (Å²) in [6, 6.07) is 53.9. The summed E-state index contributed by atoms with van der Waals surface area (Å²) in [6.07, 6.45) is 7.66. The lowest BCUT2D eigenvalue weighted by Crippen LogP contribution is -2.15. The van der Waals surface area contributed by atoms with Crippen molar-refractivity contribution in [3.05, 3.63) is 192 Å². The molecule has 3 nitrogen and oxygen atoms in total. The van der Waals surface area contributed by atoms with E-state index < -0.39 is 0 Å². The highest BCUT2D eigenvalue weighted by Crippen LogP contribution is 2.49. The maximum Gasteiger partial charge on any atom is 0.164 e. The van der Waals surface area contributed by atoms with Gasteiger partial charge in [-0.3, -0.25) is 0 Å². The predicted octanol–water partition coefficient (Wildman–Crippen LogP) is 12.0. The SMILES string of the molecule is CC1(C)c2ccccc2-c2ccc(-c3nc(C4=CC(c5ccccc5)CC=C4)nc(-c4cccc(-c5ccc(-c6ccccc6)cc5)c4)n3)cc21. The Hall–Kier alpha value is -6.19. The van der Waals surface area contributed by atoms with Crippen LogP contribution < -0.4 is 0 Å². The van der Waals surface area contributed by atoms with E-state index in [9.17, 15) is 0 Å². The van der Waals surface area contributed by atoms with Gasteiger partial charge in [-0.05, 0) is 68.6 Å². The molecule has 0 N–H and O–H groups in total. The molecule has 1 unspecified atom stereocenters. The number of nitrogens with zero attached hydrogens (tertiary/aromatic N) is 3. The Balaban J connectivity index is 1.15. The van der Waals surface area contributed by atoms with Crippen LogP contribution in [0.5, 0.6) is 0 Å². The lowest BCUT2D eigenvalue weighted by molar-refractivity contribution is 0.660. The molecule has 2 aliphatic carbocycles. The van der Waals surface area contributed by atoms with Crippen molar-refractivity contribution in [2.45, 2.75) is 31.6 Å². The lowest BCUT2D eigenvalue weighted by Gasteiger charge is -2.22. The van der Waals surface area contributed by atoms with E-state index in [1.165, 1.54) is 38.9 Å². The molecule has 1 heterocycles. The van der Waals surface area contributed by atoms with Gasteiger partial charge in [-0.15, -0.1) is 0 Å². The first-order chi connectivity index (χ1) is 25.0. The van der Waals surface area contributed by atoms with Crippen LogP contribution >= 0.6 is 0 Å². The third-order valence-electron chi connectivity index (χ3n) is 10.5. The van der Waals surface area contributed by atoms with Gasteiger partial charge < -0.3 is 0 Å². The molecule has 7 aromatic rings. The summed E-state index contributed by atoms with van der Waals surface area (Å²) < 4.78 is 0. The number of fused-ring (bicyclic) bond motifs is 3. The van der Waals surface area contributed by atoms with Gasteiger partial charge in [0.15, 0.2) is 17.5 Å². The van der Waals surface area contributed by atoms with Gasteiger partial charge >= 0.3 is 0 Å². The van der Waals surface area contributed by atoms with Crippen molar-refractivity contribution in [1.29, 1.82) is 0 Å². The number of allylic oxidation sites excluding steroid dienone is 4. The van der Waals surface area contributed by atoms with Gasteiger partial charge in [0, 0.05) is 28.0 Å². The zero-order valence-electron chi connectivity index (χ0n) is 28.8. The number of benzene rings is 6. The highest BCUT2D eigenvalue weighted by atomic mass is 15.0. The average Bonchev–Trinajstić information content (AvgIpc) is 3.44. The fourth-order valence-electron chi connectivity index (χ4n) is 7.69. The topological polar surface area (TPSA) is 38.7 Å². The van der Waals surface area contributed by atoms with Crippen LogP contribution in [-0.4, -0.2) is 15.0 Å². The molecular formula is C48H37N3. The van der Waals surface area contributed by atoms with Gasteiger partial charge in [0.1, 0.15) is 0 Å². The van der Waals surface area contributed by atoms with Gasteiger partial charge in [0.2, 0.25) is 0 Å². The molecule has 0 saturated heterocycles. The molecule has 51 heavy (non-hydrogen) atoms. The van der Waals surface area contributed by atoms with Crippen LogP contribution in [0, 0.1) is 0 Å². The second kappa shape index (κ2) is 12.6. The van der Waals surface area contributed by atoms with Crippen molar-refractivity contribution in [2.24, 2.45) is 0 Å². The molecule has 1 atom stereocenters.